The summed E-state index contributed by atoms with van der Waals surface area (Å²) in [5.74, 6) is -1.50. The third-order valence-corrected chi connectivity index (χ3v) is 5.77. The van der Waals surface area contributed by atoms with E-state index in [1.165, 1.54) is 28.8 Å². The Bertz CT molecular complexity index is 1260. The first-order valence-corrected chi connectivity index (χ1v) is 11.2. The molecule has 35 heavy (non-hydrogen) atoms. The summed E-state index contributed by atoms with van der Waals surface area (Å²) in [6.07, 6.45) is 0.479. The lowest BCUT2D eigenvalue weighted by Crippen LogP contribution is -2.39. The first-order valence-electron chi connectivity index (χ1n) is 11.2. The van der Waals surface area contributed by atoms with Crippen molar-refractivity contribution in [3.05, 3.63) is 93.4 Å². The molecule has 1 atom stereocenters. The van der Waals surface area contributed by atoms with Gasteiger partial charge < -0.3 is 20.5 Å². The molecule has 0 spiro atoms. The molecule has 4 rings (SSSR count). The maximum Gasteiger partial charge on any atom is 0.407 e. The van der Waals surface area contributed by atoms with Gasteiger partial charge in [-0.25, -0.2) is 14.2 Å². The maximum absolute atomic E-state index is 13.0. The number of hydrogen-bond acceptors (Lipinski definition) is 6. The highest BCUT2D eigenvalue weighted by molar-refractivity contribution is 5.94. The number of carbonyl (C=O) groups is 2. The molecule has 0 saturated heterocycles. The van der Waals surface area contributed by atoms with E-state index < -0.39 is 23.3 Å². The molecule has 2 aromatic carbocycles. The fourth-order valence-electron chi connectivity index (χ4n) is 3.85. The number of fused-ring (bicyclic) bond motifs is 1. The minimum Gasteiger partial charge on any atom is -0.501 e. The second kappa shape index (κ2) is 10.8. The number of aromatic nitrogens is 2. The Kier molecular flexibility index (Phi) is 7.39. The molecular formula is C25H25FN4O5. The average Bonchev–Trinajstić information content (AvgIpc) is 2.88. The summed E-state index contributed by atoms with van der Waals surface area (Å²) in [6.45, 7) is 0.779. The van der Waals surface area contributed by atoms with Crippen LogP contribution in [0.3, 0.4) is 0 Å². The first-order chi connectivity index (χ1) is 16.9. The summed E-state index contributed by atoms with van der Waals surface area (Å²) in [6, 6.07) is 14.9. The van der Waals surface area contributed by atoms with Gasteiger partial charge in [-0.3, -0.25) is 14.2 Å². The van der Waals surface area contributed by atoms with Gasteiger partial charge in [-0.1, -0.05) is 42.5 Å². The van der Waals surface area contributed by atoms with Crippen LogP contribution in [0, 0.1) is 11.7 Å². The highest BCUT2D eigenvalue weighted by Crippen LogP contribution is 2.20. The number of alkyl carbamates (subject to hydrolysis) is 1. The average molecular weight is 480 g/mol. The topological polar surface area (TPSA) is 123 Å². The second-order valence-electron chi connectivity index (χ2n) is 8.30. The highest BCUT2D eigenvalue weighted by atomic mass is 19.1. The zero-order valence-electron chi connectivity index (χ0n) is 18.9. The number of aromatic hydroxyl groups is 1. The molecule has 0 saturated carbocycles. The third kappa shape index (κ3) is 6.03. The van der Waals surface area contributed by atoms with Crippen LogP contribution in [-0.4, -0.2) is 33.2 Å². The molecule has 3 N–H and O–H groups in total. The lowest BCUT2D eigenvalue weighted by Gasteiger charge is -2.26. The van der Waals surface area contributed by atoms with Crippen LogP contribution in [0.5, 0.6) is 5.75 Å². The summed E-state index contributed by atoms with van der Waals surface area (Å²) in [4.78, 5) is 41.5. The van der Waals surface area contributed by atoms with Crippen molar-refractivity contribution in [2.75, 3.05) is 6.54 Å². The lowest BCUT2D eigenvalue weighted by atomic mass is 9.99. The van der Waals surface area contributed by atoms with Crippen LogP contribution in [0.2, 0.25) is 0 Å². The summed E-state index contributed by atoms with van der Waals surface area (Å²) in [7, 11) is 0. The first kappa shape index (κ1) is 23.9. The predicted molar refractivity (Wildman–Crippen MR) is 124 cm³/mol. The number of benzene rings is 2. The number of nitrogens with one attached hydrogen (secondary N) is 2. The van der Waals surface area contributed by atoms with Gasteiger partial charge in [-0.2, -0.15) is 0 Å². The Hall–Kier alpha value is -4.21. The monoisotopic (exact) mass is 480 g/mol. The van der Waals surface area contributed by atoms with Crippen molar-refractivity contribution in [2.45, 2.75) is 32.5 Å². The minimum absolute atomic E-state index is 0.0659. The molecule has 3 aromatic rings. The third-order valence-electron chi connectivity index (χ3n) is 5.77. The fourth-order valence-corrected chi connectivity index (χ4v) is 3.85. The summed E-state index contributed by atoms with van der Waals surface area (Å²) < 4.78 is 19.6. The van der Waals surface area contributed by atoms with Crippen molar-refractivity contribution in [1.82, 2.24) is 20.2 Å². The normalized spacial score (nSPS) is 14.6. The van der Waals surface area contributed by atoms with E-state index in [2.05, 4.69) is 15.6 Å². The molecule has 1 aliphatic rings. The van der Waals surface area contributed by atoms with E-state index >= 15 is 0 Å². The molecular weight excluding hydrogens is 455 g/mol. The standard InChI is InChI=1S/C25H25FN4O5/c26-19-9-6-16(7-10-19)12-27-23(32)21-22(31)24(33)30-14-18(8-11-20(30)29-21)13-28-25(34)35-15-17-4-2-1-3-5-17/h1-7,9-10,18,31H,8,11-15H2,(H,27,32)(H,28,34). The number of rotatable bonds is 7. The van der Waals surface area contributed by atoms with Crippen LogP contribution in [0.15, 0.2) is 59.4 Å². The van der Waals surface area contributed by atoms with E-state index in [4.69, 9.17) is 4.74 Å². The van der Waals surface area contributed by atoms with Gasteiger partial charge in [0.05, 0.1) is 0 Å². The molecule has 2 heterocycles. The van der Waals surface area contributed by atoms with Gasteiger partial charge in [0, 0.05) is 26.1 Å². The Morgan fingerprint density at radius 2 is 1.83 bits per heavy atom. The van der Waals surface area contributed by atoms with Gasteiger partial charge in [-0.05, 0) is 35.6 Å². The fraction of sp³-hybridized carbons (Fsp3) is 0.280. The predicted octanol–water partition coefficient (Wildman–Crippen LogP) is 2.51. The summed E-state index contributed by atoms with van der Waals surface area (Å²) >= 11 is 0. The van der Waals surface area contributed by atoms with Crippen molar-refractivity contribution in [2.24, 2.45) is 5.92 Å². The van der Waals surface area contributed by atoms with E-state index in [1.807, 2.05) is 30.3 Å². The quantitative estimate of drug-likeness (QED) is 0.478. The lowest BCUT2D eigenvalue weighted by molar-refractivity contribution is 0.0940. The van der Waals surface area contributed by atoms with E-state index in [-0.39, 0.29) is 37.1 Å². The molecule has 1 unspecified atom stereocenters. The van der Waals surface area contributed by atoms with Crippen LogP contribution in [0.4, 0.5) is 9.18 Å². The van der Waals surface area contributed by atoms with Gasteiger partial charge >= 0.3 is 6.09 Å². The zero-order chi connectivity index (χ0) is 24.8. The van der Waals surface area contributed by atoms with Gasteiger partial charge in [0.2, 0.25) is 5.75 Å². The van der Waals surface area contributed by atoms with Crippen LogP contribution in [-0.2, 0) is 30.9 Å². The van der Waals surface area contributed by atoms with Gasteiger partial charge in [-0.15, -0.1) is 0 Å². The number of aryl methyl sites for hydroxylation is 1. The summed E-state index contributed by atoms with van der Waals surface area (Å²) in [5, 5.41) is 15.6. The molecule has 1 aromatic heterocycles. The number of amides is 2. The Labute approximate surface area is 200 Å². The van der Waals surface area contributed by atoms with E-state index in [0.717, 1.165) is 5.56 Å². The van der Waals surface area contributed by atoms with Crippen molar-refractivity contribution in [3.63, 3.8) is 0 Å². The molecule has 1 aliphatic heterocycles. The molecule has 182 valence electrons. The Morgan fingerprint density at radius 3 is 2.57 bits per heavy atom. The maximum atomic E-state index is 13.0. The van der Waals surface area contributed by atoms with E-state index in [9.17, 15) is 23.9 Å². The molecule has 0 bridgehead atoms. The largest absolute Gasteiger partial charge is 0.501 e. The van der Waals surface area contributed by atoms with Crippen molar-refractivity contribution < 1.29 is 23.8 Å². The SMILES string of the molecule is O=C(NCC1CCc2nc(C(=O)NCc3ccc(F)cc3)c(O)c(=O)n2C1)OCc1ccccc1. The number of halogens is 1. The van der Waals surface area contributed by atoms with Gasteiger partial charge in [0.25, 0.3) is 11.5 Å². The molecule has 9 nitrogen and oxygen atoms in total. The molecule has 10 heteroatoms. The van der Waals surface area contributed by atoms with Gasteiger partial charge in [0.1, 0.15) is 18.2 Å². The van der Waals surface area contributed by atoms with Gasteiger partial charge in [0.15, 0.2) is 5.69 Å². The van der Waals surface area contributed by atoms with E-state index in [1.54, 1.807) is 0 Å². The summed E-state index contributed by atoms with van der Waals surface area (Å²) in [5.41, 5.74) is 0.481. The number of ether oxygens (including phenoxy) is 1. The smallest absolute Gasteiger partial charge is 0.407 e. The Balaban J connectivity index is 1.33. The van der Waals surface area contributed by atoms with Crippen LogP contribution < -0.4 is 16.2 Å². The van der Waals surface area contributed by atoms with Crippen LogP contribution >= 0.6 is 0 Å². The Morgan fingerprint density at radius 1 is 1.09 bits per heavy atom. The second-order valence-corrected chi connectivity index (χ2v) is 8.30. The van der Waals surface area contributed by atoms with Crippen molar-refractivity contribution in [3.8, 4) is 5.75 Å². The number of nitrogens with zero attached hydrogens (tertiary/aromatic N) is 2. The molecule has 0 radical (unpaired) electrons. The molecule has 0 aliphatic carbocycles. The zero-order valence-corrected chi connectivity index (χ0v) is 18.9. The molecule has 2 amide bonds. The highest BCUT2D eigenvalue weighted by Gasteiger charge is 2.26. The van der Waals surface area contributed by atoms with Crippen molar-refractivity contribution in [1.29, 1.82) is 0 Å². The van der Waals surface area contributed by atoms with E-state index in [0.29, 0.717) is 30.8 Å². The van der Waals surface area contributed by atoms with Crippen LogP contribution in [0.25, 0.3) is 0 Å². The number of carbonyl (C=O) groups excluding carboxylic acids is 2. The van der Waals surface area contributed by atoms with Crippen molar-refractivity contribution >= 4 is 12.0 Å². The van der Waals surface area contributed by atoms with Crippen LogP contribution in [0.1, 0.15) is 33.9 Å². The number of hydrogen-bond donors (Lipinski definition) is 3. The minimum atomic E-state index is -0.735. The molecule has 0 fully saturated rings.